The molecule has 2 aromatic carbocycles. The maximum absolute atomic E-state index is 13.1. The smallest absolute Gasteiger partial charge is 0.256 e. The van der Waals surface area contributed by atoms with Crippen LogP contribution < -0.4 is 5.32 Å². The zero-order valence-corrected chi connectivity index (χ0v) is 18.9. The lowest BCUT2D eigenvalue weighted by atomic mass is 9.73. The van der Waals surface area contributed by atoms with Crippen LogP contribution in [0.1, 0.15) is 36.8 Å². The summed E-state index contributed by atoms with van der Waals surface area (Å²) in [7, 11) is 3.35. The largest absolute Gasteiger partial charge is 0.509 e. The van der Waals surface area contributed by atoms with Crippen molar-refractivity contribution < 1.29 is 19.4 Å². The van der Waals surface area contributed by atoms with Crippen LogP contribution in [0.2, 0.25) is 5.02 Å². The third kappa shape index (κ3) is 3.86. The Morgan fingerprint density at radius 3 is 2.29 bits per heavy atom. The lowest BCUT2D eigenvalue weighted by molar-refractivity contribution is -0.119. The second-order valence-electron chi connectivity index (χ2n) is 8.62. The SMILES string of the molecule is COCC1(OC)CCC2(CC1)NC(=O)C(c1cc(-c3ccc(Cl)cc3)ccc1C)=C2O. The normalized spacial score (nSPS) is 25.9. The maximum Gasteiger partial charge on any atom is 0.256 e. The van der Waals surface area contributed by atoms with Crippen LogP contribution >= 0.6 is 11.6 Å². The molecular weight excluding hydrogens is 414 g/mol. The van der Waals surface area contributed by atoms with Crippen LogP contribution in [0.5, 0.6) is 0 Å². The molecule has 5 nitrogen and oxygen atoms in total. The van der Waals surface area contributed by atoms with Gasteiger partial charge in [0, 0.05) is 19.2 Å². The average molecular weight is 442 g/mol. The lowest BCUT2D eigenvalue weighted by Gasteiger charge is -2.43. The Kier molecular flexibility index (Phi) is 5.86. The van der Waals surface area contributed by atoms with E-state index in [0.717, 1.165) is 22.3 Å². The van der Waals surface area contributed by atoms with Gasteiger partial charge in [0.05, 0.1) is 23.3 Å². The van der Waals surface area contributed by atoms with E-state index >= 15 is 0 Å². The summed E-state index contributed by atoms with van der Waals surface area (Å²) < 4.78 is 11.1. The fourth-order valence-corrected chi connectivity index (χ4v) is 4.94. The van der Waals surface area contributed by atoms with Gasteiger partial charge >= 0.3 is 0 Å². The number of halogens is 1. The number of methoxy groups -OCH3 is 2. The van der Waals surface area contributed by atoms with Crippen LogP contribution in [0.3, 0.4) is 0 Å². The summed E-state index contributed by atoms with van der Waals surface area (Å²) in [6, 6.07) is 13.5. The first-order valence-electron chi connectivity index (χ1n) is 10.5. The van der Waals surface area contributed by atoms with E-state index in [9.17, 15) is 9.90 Å². The van der Waals surface area contributed by atoms with E-state index in [0.29, 0.717) is 42.9 Å². The molecule has 0 saturated heterocycles. The van der Waals surface area contributed by atoms with Gasteiger partial charge in [-0.3, -0.25) is 4.79 Å². The van der Waals surface area contributed by atoms with Crippen molar-refractivity contribution in [3.05, 3.63) is 64.4 Å². The Morgan fingerprint density at radius 1 is 1.03 bits per heavy atom. The van der Waals surface area contributed by atoms with Crippen molar-refractivity contribution in [2.24, 2.45) is 0 Å². The van der Waals surface area contributed by atoms with Gasteiger partial charge in [0.1, 0.15) is 5.76 Å². The average Bonchev–Trinajstić information content (AvgIpc) is 3.01. The molecule has 1 aliphatic carbocycles. The summed E-state index contributed by atoms with van der Waals surface area (Å²) in [6.45, 7) is 2.45. The van der Waals surface area contributed by atoms with Gasteiger partial charge < -0.3 is 19.9 Å². The summed E-state index contributed by atoms with van der Waals surface area (Å²) in [5.41, 5.74) is 2.90. The molecule has 0 atom stereocenters. The Hall–Kier alpha value is -2.34. The van der Waals surface area contributed by atoms with E-state index < -0.39 is 5.54 Å². The Bertz CT molecular complexity index is 1020. The van der Waals surface area contributed by atoms with E-state index in [1.54, 1.807) is 14.2 Å². The second-order valence-corrected chi connectivity index (χ2v) is 9.05. The molecular formula is C25H28ClNO4. The first-order valence-corrected chi connectivity index (χ1v) is 10.9. The van der Waals surface area contributed by atoms with Gasteiger partial charge in [-0.15, -0.1) is 0 Å². The van der Waals surface area contributed by atoms with E-state index in [1.165, 1.54) is 0 Å². The van der Waals surface area contributed by atoms with Gasteiger partial charge in [0.2, 0.25) is 0 Å². The van der Waals surface area contributed by atoms with Gasteiger partial charge in [-0.1, -0.05) is 35.9 Å². The Morgan fingerprint density at radius 2 is 1.68 bits per heavy atom. The van der Waals surface area contributed by atoms with E-state index in [4.69, 9.17) is 21.1 Å². The molecule has 0 bridgehead atoms. The highest BCUT2D eigenvalue weighted by molar-refractivity contribution is 6.30. The Labute approximate surface area is 188 Å². The molecule has 1 heterocycles. The van der Waals surface area contributed by atoms with Crippen LogP contribution in [-0.2, 0) is 14.3 Å². The number of hydrogen-bond donors (Lipinski definition) is 2. The first-order chi connectivity index (χ1) is 14.8. The monoisotopic (exact) mass is 441 g/mol. The van der Waals surface area contributed by atoms with Crippen LogP contribution in [-0.4, -0.2) is 43.0 Å². The number of aliphatic hydroxyl groups excluding tert-OH is 1. The Balaban J connectivity index is 1.70. The van der Waals surface area contributed by atoms with Crippen LogP contribution in [0.15, 0.2) is 48.2 Å². The number of ether oxygens (including phenoxy) is 2. The fraction of sp³-hybridized carbons (Fsp3) is 0.400. The van der Waals surface area contributed by atoms with Crippen molar-refractivity contribution in [3.63, 3.8) is 0 Å². The zero-order chi connectivity index (χ0) is 22.2. The minimum atomic E-state index is -0.745. The van der Waals surface area contributed by atoms with Crippen LogP contribution in [0.4, 0.5) is 0 Å². The van der Waals surface area contributed by atoms with Crippen molar-refractivity contribution in [2.45, 2.75) is 43.7 Å². The molecule has 1 saturated carbocycles. The van der Waals surface area contributed by atoms with Crippen molar-refractivity contribution >= 4 is 23.1 Å². The number of rotatable bonds is 5. The number of benzene rings is 2. The highest BCUT2D eigenvalue weighted by atomic mass is 35.5. The van der Waals surface area contributed by atoms with Gasteiger partial charge in [-0.2, -0.15) is 0 Å². The summed E-state index contributed by atoms with van der Waals surface area (Å²) in [5.74, 6) is -0.0958. The number of aliphatic hydroxyl groups is 1. The first kappa shape index (κ1) is 21.9. The molecule has 0 unspecified atom stereocenters. The predicted molar refractivity (Wildman–Crippen MR) is 122 cm³/mol. The predicted octanol–water partition coefficient (Wildman–Crippen LogP) is 5.06. The summed E-state index contributed by atoms with van der Waals surface area (Å²) in [4.78, 5) is 13.1. The third-order valence-electron chi connectivity index (χ3n) is 6.81. The highest BCUT2D eigenvalue weighted by Gasteiger charge is 2.51. The molecule has 6 heteroatoms. The zero-order valence-electron chi connectivity index (χ0n) is 18.1. The van der Waals surface area contributed by atoms with Crippen LogP contribution in [0.25, 0.3) is 16.7 Å². The molecule has 4 rings (SSSR count). The molecule has 1 aliphatic heterocycles. The van der Waals surface area contributed by atoms with Crippen molar-refractivity contribution in [1.82, 2.24) is 5.32 Å². The molecule has 31 heavy (non-hydrogen) atoms. The molecule has 0 radical (unpaired) electrons. The van der Waals surface area contributed by atoms with Crippen LogP contribution in [0, 0.1) is 6.92 Å². The van der Waals surface area contributed by atoms with E-state index in [2.05, 4.69) is 5.32 Å². The number of carbonyl (C=O) groups excluding carboxylic acids is 1. The third-order valence-corrected chi connectivity index (χ3v) is 7.06. The van der Waals surface area contributed by atoms with Gasteiger partial charge in [-0.25, -0.2) is 0 Å². The summed E-state index contributed by atoms with van der Waals surface area (Å²) >= 11 is 6.02. The maximum atomic E-state index is 13.1. The van der Waals surface area contributed by atoms with Crippen molar-refractivity contribution in [2.75, 3.05) is 20.8 Å². The van der Waals surface area contributed by atoms with E-state index in [-0.39, 0.29) is 17.3 Å². The van der Waals surface area contributed by atoms with Crippen molar-refractivity contribution in [1.29, 1.82) is 0 Å². The summed E-state index contributed by atoms with van der Waals surface area (Å²) in [6.07, 6.45) is 2.58. The molecule has 2 N–H and O–H groups in total. The minimum absolute atomic E-state index is 0.135. The standard InChI is InChI=1S/C25H28ClNO4/c1-16-4-5-18(17-6-8-19(26)9-7-17)14-20(16)21-22(28)25(27-23(21)29)12-10-24(31-3,11-13-25)15-30-2/h4-9,14,28H,10-13,15H2,1-3H3,(H,27,29). The number of hydrogen-bond acceptors (Lipinski definition) is 4. The topological polar surface area (TPSA) is 67.8 Å². The molecule has 1 amide bonds. The number of nitrogens with one attached hydrogen (secondary N) is 1. The molecule has 164 valence electrons. The van der Waals surface area contributed by atoms with Gasteiger partial charge in [0.25, 0.3) is 5.91 Å². The highest BCUT2D eigenvalue weighted by Crippen LogP contribution is 2.46. The quantitative estimate of drug-likeness (QED) is 0.680. The number of amides is 1. The van der Waals surface area contributed by atoms with Gasteiger partial charge in [-0.05, 0) is 73.1 Å². The lowest BCUT2D eigenvalue weighted by Crippen LogP contribution is -2.53. The second kappa shape index (κ2) is 8.30. The molecule has 2 aromatic rings. The fourth-order valence-electron chi connectivity index (χ4n) is 4.81. The molecule has 2 aliphatic rings. The number of aryl methyl sites for hydroxylation is 1. The minimum Gasteiger partial charge on any atom is -0.509 e. The molecule has 1 spiro atoms. The van der Waals surface area contributed by atoms with E-state index in [1.807, 2.05) is 49.4 Å². The van der Waals surface area contributed by atoms with Gasteiger partial charge in [0.15, 0.2) is 0 Å². The summed E-state index contributed by atoms with van der Waals surface area (Å²) in [5, 5.41) is 15.1. The molecule has 0 aromatic heterocycles. The van der Waals surface area contributed by atoms with Crippen molar-refractivity contribution in [3.8, 4) is 11.1 Å². The molecule has 1 fully saturated rings. The number of carbonyl (C=O) groups is 1.